The van der Waals surface area contributed by atoms with Crippen molar-refractivity contribution in [3.63, 3.8) is 0 Å². The molecular formula is C14H20N2O3. The van der Waals surface area contributed by atoms with E-state index in [0.29, 0.717) is 11.3 Å². The quantitative estimate of drug-likeness (QED) is 0.769. The molecule has 0 saturated heterocycles. The Morgan fingerprint density at radius 2 is 2.16 bits per heavy atom. The molecule has 0 saturated carbocycles. The largest absolute Gasteiger partial charge is 0.465 e. The molecule has 0 heterocycles. The van der Waals surface area contributed by atoms with Gasteiger partial charge in [0.15, 0.2) is 0 Å². The van der Waals surface area contributed by atoms with Crippen LogP contribution in [0.5, 0.6) is 0 Å². The van der Waals surface area contributed by atoms with Gasteiger partial charge in [-0.25, -0.2) is 4.79 Å². The van der Waals surface area contributed by atoms with Gasteiger partial charge in [-0.15, -0.1) is 0 Å². The van der Waals surface area contributed by atoms with Crippen LogP contribution in [-0.2, 0) is 9.53 Å². The van der Waals surface area contributed by atoms with E-state index in [1.165, 1.54) is 7.11 Å². The smallest absolute Gasteiger partial charge is 0.337 e. The van der Waals surface area contributed by atoms with Crippen molar-refractivity contribution in [2.24, 2.45) is 5.73 Å². The molecule has 0 radical (unpaired) electrons. The lowest BCUT2D eigenvalue weighted by atomic mass is 10.1. The highest BCUT2D eigenvalue weighted by molar-refractivity contribution is 5.94. The summed E-state index contributed by atoms with van der Waals surface area (Å²) in [4.78, 5) is 23.1. The minimum absolute atomic E-state index is 0.131. The molecule has 0 aromatic heterocycles. The maximum atomic E-state index is 11.7. The van der Waals surface area contributed by atoms with E-state index in [0.717, 1.165) is 12.8 Å². The molecule has 1 unspecified atom stereocenters. The van der Waals surface area contributed by atoms with Crippen LogP contribution in [0.2, 0.25) is 0 Å². The highest BCUT2D eigenvalue weighted by Gasteiger charge is 2.10. The maximum absolute atomic E-state index is 11.7. The average Bonchev–Trinajstić information content (AvgIpc) is 2.38. The van der Waals surface area contributed by atoms with Gasteiger partial charge in [-0.3, -0.25) is 4.79 Å². The summed E-state index contributed by atoms with van der Waals surface area (Å²) in [5, 5.41) is 2.72. The van der Waals surface area contributed by atoms with E-state index in [2.05, 4.69) is 10.1 Å². The molecular weight excluding hydrogens is 244 g/mol. The summed E-state index contributed by atoms with van der Waals surface area (Å²) in [5.41, 5.74) is 6.77. The van der Waals surface area contributed by atoms with Gasteiger partial charge in [-0.2, -0.15) is 0 Å². The molecule has 1 aromatic carbocycles. The van der Waals surface area contributed by atoms with Gasteiger partial charge < -0.3 is 15.8 Å². The summed E-state index contributed by atoms with van der Waals surface area (Å²) >= 11 is 0. The number of esters is 1. The zero-order valence-electron chi connectivity index (χ0n) is 11.3. The standard InChI is InChI=1S/C14H20N2O3/c1-3-5-11(15)9-13(17)16-12-7-4-6-10(8-12)14(18)19-2/h4,6-8,11H,3,5,9,15H2,1-2H3,(H,16,17). The normalized spacial score (nSPS) is 11.7. The number of hydrogen-bond acceptors (Lipinski definition) is 4. The number of anilines is 1. The zero-order chi connectivity index (χ0) is 14.3. The van der Waals surface area contributed by atoms with Gasteiger partial charge >= 0.3 is 5.97 Å². The molecule has 1 amide bonds. The number of benzene rings is 1. The van der Waals surface area contributed by atoms with E-state index in [9.17, 15) is 9.59 Å². The average molecular weight is 264 g/mol. The molecule has 0 spiro atoms. The third-order valence-corrected chi connectivity index (χ3v) is 2.67. The number of nitrogens with one attached hydrogen (secondary N) is 1. The number of amides is 1. The first kappa shape index (κ1) is 15.2. The van der Waals surface area contributed by atoms with Crippen molar-refractivity contribution >= 4 is 17.6 Å². The van der Waals surface area contributed by atoms with Gasteiger partial charge in [0.05, 0.1) is 12.7 Å². The Hall–Kier alpha value is -1.88. The minimum atomic E-state index is -0.432. The molecule has 0 aliphatic carbocycles. The highest BCUT2D eigenvalue weighted by atomic mass is 16.5. The second kappa shape index (κ2) is 7.53. The van der Waals surface area contributed by atoms with Crippen molar-refractivity contribution in [2.75, 3.05) is 12.4 Å². The fraction of sp³-hybridized carbons (Fsp3) is 0.429. The first-order valence-electron chi connectivity index (χ1n) is 6.30. The lowest BCUT2D eigenvalue weighted by Crippen LogP contribution is -2.26. The van der Waals surface area contributed by atoms with Crippen LogP contribution in [0.4, 0.5) is 5.69 Å². The summed E-state index contributed by atoms with van der Waals surface area (Å²) < 4.78 is 4.62. The number of nitrogens with two attached hydrogens (primary N) is 1. The van der Waals surface area contributed by atoms with Crippen LogP contribution >= 0.6 is 0 Å². The Labute approximate surface area is 113 Å². The van der Waals surface area contributed by atoms with Crippen LogP contribution in [0, 0.1) is 0 Å². The summed E-state index contributed by atoms with van der Waals surface area (Å²) in [6.45, 7) is 2.03. The number of rotatable bonds is 6. The molecule has 3 N–H and O–H groups in total. The van der Waals surface area contributed by atoms with Crippen LogP contribution < -0.4 is 11.1 Å². The molecule has 5 nitrogen and oxygen atoms in total. The summed E-state index contributed by atoms with van der Waals surface area (Å²) in [7, 11) is 1.32. The number of carbonyl (C=O) groups is 2. The van der Waals surface area contributed by atoms with Crippen molar-refractivity contribution < 1.29 is 14.3 Å². The second-order valence-electron chi connectivity index (χ2n) is 4.37. The van der Waals surface area contributed by atoms with E-state index < -0.39 is 5.97 Å². The predicted molar refractivity (Wildman–Crippen MR) is 73.9 cm³/mol. The highest BCUT2D eigenvalue weighted by Crippen LogP contribution is 2.12. The Balaban J connectivity index is 2.62. The second-order valence-corrected chi connectivity index (χ2v) is 4.37. The van der Waals surface area contributed by atoms with Gasteiger partial charge in [0, 0.05) is 18.2 Å². The molecule has 0 aliphatic rings. The van der Waals surface area contributed by atoms with Crippen LogP contribution in [-0.4, -0.2) is 25.0 Å². The van der Waals surface area contributed by atoms with Gasteiger partial charge in [0.2, 0.25) is 5.91 Å². The summed E-state index contributed by atoms with van der Waals surface area (Å²) in [6.07, 6.45) is 2.04. The summed E-state index contributed by atoms with van der Waals surface area (Å²) in [5.74, 6) is -0.582. The Bertz CT molecular complexity index is 446. The first-order chi connectivity index (χ1) is 9.06. The number of hydrogen-bond donors (Lipinski definition) is 2. The molecule has 1 aromatic rings. The first-order valence-corrected chi connectivity index (χ1v) is 6.30. The monoisotopic (exact) mass is 264 g/mol. The maximum Gasteiger partial charge on any atom is 0.337 e. The molecule has 1 atom stereocenters. The third kappa shape index (κ3) is 5.09. The van der Waals surface area contributed by atoms with E-state index >= 15 is 0 Å². The SMILES string of the molecule is CCCC(N)CC(=O)Nc1cccc(C(=O)OC)c1. The molecule has 5 heteroatoms. The van der Waals surface area contributed by atoms with Crippen LogP contribution in [0.25, 0.3) is 0 Å². The lowest BCUT2D eigenvalue weighted by Gasteiger charge is -2.11. The number of ether oxygens (including phenoxy) is 1. The Morgan fingerprint density at radius 1 is 1.42 bits per heavy atom. The van der Waals surface area contributed by atoms with Crippen LogP contribution in [0.1, 0.15) is 36.5 Å². The van der Waals surface area contributed by atoms with Crippen molar-refractivity contribution in [3.8, 4) is 0 Å². The Morgan fingerprint density at radius 3 is 2.79 bits per heavy atom. The van der Waals surface area contributed by atoms with Gasteiger partial charge in [0.1, 0.15) is 0 Å². The van der Waals surface area contributed by atoms with Gasteiger partial charge in [0.25, 0.3) is 0 Å². The van der Waals surface area contributed by atoms with E-state index in [1.54, 1.807) is 24.3 Å². The molecule has 1 rings (SSSR count). The lowest BCUT2D eigenvalue weighted by molar-refractivity contribution is -0.116. The predicted octanol–water partition coefficient (Wildman–Crippen LogP) is 1.93. The minimum Gasteiger partial charge on any atom is -0.465 e. The molecule has 19 heavy (non-hydrogen) atoms. The van der Waals surface area contributed by atoms with Crippen molar-refractivity contribution in [2.45, 2.75) is 32.2 Å². The number of carbonyl (C=O) groups excluding carboxylic acids is 2. The van der Waals surface area contributed by atoms with Crippen molar-refractivity contribution in [1.29, 1.82) is 0 Å². The summed E-state index contributed by atoms with van der Waals surface area (Å²) in [6, 6.07) is 6.48. The van der Waals surface area contributed by atoms with Crippen LogP contribution in [0.15, 0.2) is 24.3 Å². The van der Waals surface area contributed by atoms with Gasteiger partial charge in [-0.05, 0) is 24.6 Å². The number of methoxy groups -OCH3 is 1. The zero-order valence-corrected chi connectivity index (χ0v) is 11.3. The van der Waals surface area contributed by atoms with Crippen molar-refractivity contribution in [3.05, 3.63) is 29.8 Å². The van der Waals surface area contributed by atoms with Crippen LogP contribution in [0.3, 0.4) is 0 Å². The van der Waals surface area contributed by atoms with E-state index in [-0.39, 0.29) is 18.4 Å². The van der Waals surface area contributed by atoms with E-state index in [4.69, 9.17) is 5.73 Å². The molecule has 0 bridgehead atoms. The molecule has 0 aliphatic heterocycles. The third-order valence-electron chi connectivity index (χ3n) is 2.67. The fourth-order valence-corrected chi connectivity index (χ4v) is 1.76. The fourth-order valence-electron chi connectivity index (χ4n) is 1.76. The topological polar surface area (TPSA) is 81.4 Å². The van der Waals surface area contributed by atoms with Gasteiger partial charge in [-0.1, -0.05) is 19.4 Å². The Kier molecular flexibility index (Phi) is 6.02. The van der Waals surface area contributed by atoms with E-state index in [1.807, 2.05) is 6.92 Å². The molecule has 0 fully saturated rings. The molecule has 104 valence electrons. The van der Waals surface area contributed by atoms with Crippen molar-refractivity contribution in [1.82, 2.24) is 0 Å².